The molecule has 116 valence electrons. The molecule has 4 N–H and O–H groups in total. The zero-order valence-electron chi connectivity index (χ0n) is 12.1. The third kappa shape index (κ3) is 5.18. The van der Waals surface area contributed by atoms with Crippen molar-refractivity contribution in [1.29, 1.82) is 0 Å². The summed E-state index contributed by atoms with van der Waals surface area (Å²) >= 11 is 1.34. The van der Waals surface area contributed by atoms with Crippen LogP contribution in [0.5, 0.6) is 0 Å². The molecule has 0 fully saturated rings. The monoisotopic (exact) mass is 312 g/mol. The summed E-state index contributed by atoms with van der Waals surface area (Å²) in [6, 6.07) is 0.688. The van der Waals surface area contributed by atoms with Crippen LogP contribution < -0.4 is 11.1 Å². The molecule has 2 amide bonds. The van der Waals surface area contributed by atoms with Gasteiger partial charge in [0.1, 0.15) is 6.04 Å². The van der Waals surface area contributed by atoms with Gasteiger partial charge in [-0.25, -0.2) is 4.79 Å². The number of carboxylic acids is 1. The molecular formula is C14H20N2O4S. The van der Waals surface area contributed by atoms with E-state index in [1.807, 2.05) is 6.92 Å². The van der Waals surface area contributed by atoms with E-state index in [1.165, 1.54) is 11.3 Å². The van der Waals surface area contributed by atoms with Crippen molar-refractivity contribution in [2.45, 2.75) is 45.6 Å². The highest BCUT2D eigenvalue weighted by Crippen LogP contribution is 2.23. The number of amides is 2. The van der Waals surface area contributed by atoms with E-state index < -0.39 is 23.8 Å². The second-order valence-electron chi connectivity index (χ2n) is 4.81. The molecule has 7 heteroatoms. The summed E-state index contributed by atoms with van der Waals surface area (Å²) in [6.07, 6.45) is 1.78. The summed E-state index contributed by atoms with van der Waals surface area (Å²) in [7, 11) is 0. The number of nitrogens with two attached hydrogens (primary N) is 1. The van der Waals surface area contributed by atoms with Crippen LogP contribution in [0.3, 0.4) is 0 Å². The summed E-state index contributed by atoms with van der Waals surface area (Å²) < 4.78 is 0. The lowest BCUT2D eigenvalue weighted by Crippen LogP contribution is -2.41. The van der Waals surface area contributed by atoms with Crippen LogP contribution in [0.25, 0.3) is 0 Å². The van der Waals surface area contributed by atoms with Crippen molar-refractivity contribution in [2.75, 3.05) is 0 Å². The second-order valence-corrected chi connectivity index (χ2v) is 6.07. The Morgan fingerprint density at radius 2 is 2.10 bits per heavy atom. The molecule has 1 atom stereocenters. The van der Waals surface area contributed by atoms with Gasteiger partial charge in [0.05, 0.1) is 4.88 Å². The van der Waals surface area contributed by atoms with E-state index in [4.69, 9.17) is 10.8 Å². The molecule has 1 aromatic rings. The number of aryl methyl sites for hydroxylation is 2. The summed E-state index contributed by atoms with van der Waals surface area (Å²) in [6.45, 7) is 4.00. The summed E-state index contributed by atoms with van der Waals surface area (Å²) in [5.74, 6) is -2.19. The number of carbonyl (C=O) groups is 3. The molecule has 0 aliphatic rings. The zero-order valence-corrected chi connectivity index (χ0v) is 13.0. The average molecular weight is 312 g/mol. The lowest BCUT2D eigenvalue weighted by molar-refractivity contribution is -0.139. The van der Waals surface area contributed by atoms with Crippen LogP contribution in [0.4, 0.5) is 0 Å². The van der Waals surface area contributed by atoms with Crippen LogP contribution in [-0.4, -0.2) is 28.9 Å². The first-order valence-corrected chi connectivity index (χ1v) is 7.58. The molecule has 0 radical (unpaired) electrons. The van der Waals surface area contributed by atoms with Crippen LogP contribution in [0, 0.1) is 6.92 Å². The van der Waals surface area contributed by atoms with Gasteiger partial charge in [0.2, 0.25) is 5.91 Å². The van der Waals surface area contributed by atoms with Gasteiger partial charge in [-0.15, -0.1) is 11.3 Å². The van der Waals surface area contributed by atoms with E-state index in [9.17, 15) is 14.4 Å². The van der Waals surface area contributed by atoms with Gasteiger partial charge in [0.25, 0.3) is 5.91 Å². The van der Waals surface area contributed by atoms with E-state index in [2.05, 4.69) is 12.2 Å². The van der Waals surface area contributed by atoms with E-state index in [0.717, 1.165) is 23.3 Å². The van der Waals surface area contributed by atoms with Gasteiger partial charge < -0.3 is 16.2 Å². The lowest BCUT2D eigenvalue weighted by atomic mass is 10.1. The van der Waals surface area contributed by atoms with Gasteiger partial charge in [0.15, 0.2) is 0 Å². The standard InChI is InChI=1S/C14H20N2O4S/c1-3-4-9-7-11(21-8(9)2)13(18)16-10(14(19)20)5-6-12(15)17/h7,10H,3-6H2,1-2H3,(H2,15,17)(H,16,18)(H,19,20)/t10-/m1/s1. The number of carbonyl (C=O) groups excluding carboxylic acids is 2. The van der Waals surface area contributed by atoms with Crippen molar-refractivity contribution in [3.05, 3.63) is 21.4 Å². The van der Waals surface area contributed by atoms with Crippen molar-refractivity contribution in [2.24, 2.45) is 5.73 Å². The molecule has 0 unspecified atom stereocenters. The first-order valence-electron chi connectivity index (χ1n) is 6.76. The topological polar surface area (TPSA) is 109 Å². The van der Waals surface area contributed by atoms with Gasteiger partial charge in [-0.3, -0.25) is 9.59 Å². The summed E-state index contributed by atoms with van der Waals surface area (Å²) in [4.78, 5) is 35.5. The fourth-order valence-electron chi connectivity index (χ4n) is 1.92. The molecule has 1 aromatic heterocycles. The summed E-state index contributed by atoms with van der Waals surface area (Å²) in [5.41, 5.74) is 6.10. The molecule has 0 aliphatic carbocycles. The molecule has 0 saturated carbocycles. The highest BCUT2D eigenvalue weighted by atomic mass is 32.1. The third-order valence-electron chi connectivity index (χ3n) is 3.05. The predicted molar refractivity (Wildman–Crippen MR) is 80.4 cm³/mol. The first kappa shape index (κ1) is 17.2. The van der Waals surface area contributed by atoms with Crippen molar-refractivity contribution in [1.82, 2.24) is 5.32 Å². The van der Waals surface area contributed by atoms with Gasteiger partial charge in [-0.2, -0.15) is 0 Å². The number of rotatable bonds is 8. The molecule has 21 heavy (non-hydrogen) atoms. The minimum Gasteiger partial charge on any atom is -0.480 e. The van der Waals surface area contributed by atoms with E-state index in [1.54, 1.807) is 6.07 Å². The number of thiophene rings is 1. The fourth-order valence-corrected chi connectivity index (χ4v) is 2.90. The maximum absolute atomic E-state index is 12.1. The number of nitrogens with one attached hydrogen (secondary N) is 1. The number of hydrogen-bond donors (Lipinski definition) is 3. The van der Waals surface area contributed by atoms with Crippen LogP contribution in [0.15, 0.2) is 6.07 Å². The van der Waals surface area contributed by atoms with Gasteiger partial charge in [-0.05, 0) is 31.4 Å². The molecule has 1 rings (SSSR count). The molecule has 1 heterocycles. The molecule has 0 aromatic carbocycles. The largest absolute Gasteiger partial charge is 0.480 e. The second kappa shape index (κ2) is 7.78. The van der Waals surface area contributed by atoms with Crippen LogP contribution in [-0.2, 0) is 16.0 Å². The number of carboxylic acid groups (broad SMARTS) is 1. The van der Waals surface area contributed by atoms with Crippen LogP contribution in [0.2, 0.25) is 0 Å². The average Bonchev–Trinajstić information content (AvgIpc) is 2.76. The minimum absolute atomic E-state index is 0.0113. The molecule has 0 spiro atoms. The Kier molecular flexibility index (Phi) is 6.36. The van der Waals surface area contributed by atoms with E-state index in [-0.39, 0.29) is 12.8 Å². The highest BCUT2D eigenvalue weighted by Gasteiger charge is 2.22. The highest BCUT2D eigenvalue weighted by molar-refractivity contribution is 7.14. The Bertz CT molecular complexity index is 539. The zero-order chi connectivity index (χ0) is 16.0. The van der Waals surface area contributed by atoms with Crippen LogP contribution >= 0.6 is 11.3 Å². The first-order chi connectivity index (χ1) is 9.85. The quantitative estimate of drug-likeness (QED) is 0.675. The van der Waals surface area contributed by atoms with Crippen molar-refractivity contribution in [3.63, 3.8) is 0 Å². The lowest BCUT2D eigenvalue weighted by Gasteiger charge is -2.12. The van der Waals surface area contributed by atoms with E-state index in [0.29, 0.717) is 4.88 Å². The van der Waals surface area contributed by atoms with E-state index >= 15 is 0 Å². The van der Waals surface area contributed by atoms with Gasteiger partial charge >= 0.3 is 5.97 Å². The Balaban J connectivity index is 2.74. The smallest absolute Gasteiger partial charge is 0.326 e. The molecule has 0 aliphatic heterocycles. The molecular weight excluding hydrogens is 292 g/mol. The summed E-state index contributed by atoms with van der Waals surface area (Å²) in [5, 5.41) is 11.5. The van der Waals surface area contributed by atoms with Crippen LogP contribution in [0.1, 0.15) is 46.3 Å². The predicted octanol–water partition coefficient (Wildman–Crippen LogP) is 1.46. The molecule has 0 bridgehead atoms. The Hall–Kier alpha value is -1.89. The molecule has 6 nitrogen and oxygen atoms in total. The maximum Gasteiger partial charge on any atom is 0.326 e. The molecule has 0 saturated heterocycles. The number of aliphatic carboxylic acids is 1. The minimum atomic E-state index is -1.17. The number of primary amides is 1. The van der Waals surface area contributed by atoms with Gasteiger partial charge in [-0.1, -0.05) is 13.3 Å². The van der Waals surface area contributed by atoms with Crippen molar-refractivity contribution >= 4 is 29.1 Å². The third-order valence-corrected chi connectivity index (χ3v) is 4.14. The van der Waals surface area contributed by atoms with Gasteiger partial charge in [0, 0.05) is 11.3 Å². The number of hydrogen-bond acceptors (Lipinski definition) is 4. The maximum atomic E-state index is 12.1. The Morgan fingerprint density at radius 3 is 2.62 bits per heavy atom. The fraction of sp³-hybridized carbons (Fsp3) is 0.500. The van der Waals surface area contributed by atoms with Crippen molar-refractivity contribution in [3.8, 4) is 0 Å². The normalized spacial score (nSPS) is 11.9. The Morgan fingerprint density at radius 1 is 1.43 bits per heavy atom. The SMILES string of the molecule is CCCc1cc(C(=O)N[C@H](CCC(N)=O)C(=O)O)sc1C. The Labute approximate surface area is 127 Å². The van der Waals surface area contributed by atoms with Crippen molar-refractivity contribution < 1.29 is 19.5 Å².